The van der Waals surface area contributed by atoms with Crippen LogP contribution in [-0.4, -0.2) is 107 Å². The van der Waals surface area contributed by atoms with Gasteiger partial charge in [0.05, 0.1) is 94.7 Å². The molecule has 0 amide bonds. The SMILES string of the molecule is CC[C@@H]1CN2CC[C@@]3(c4ccc(OC)c5c6c([nH]c45)[C@@H]4C[C@H](/C(=C\OC)C(=O)OC)[C@H](CC)CN4CC6)C(=Nc4cccc(OC)c43)[C@@H]2C[C@@H]1/C(=C\OC)C(=O)OC. The molecular formula is C46H58N4O8. The standard InChI is InChI=1S/C46H58N4O8/c1-9-26-22-49-18-16-28-39-37(55-5)15-14-33(42(39)48-41(28)35(49)20-29(26)31(24-53-3)44(51)57-7)46-17-19-50-23-27(10-2)30(32(25-54-4)45(52)58-8)21-36(50)43(46)47-34-12-11-13-38(56-6)40(34)46/h11-15,24-27,29-30,35-36,48H,9-10,16-23H2,1-8H3/b31-24+,32-25+/t26-,27-,29+,30+,35+,36+,46+/m1/s1. The second kappa shape index (κ2) is 16.1. The molecular weight excluding hydrogens is 737 g/mol. The van der Waals surface area contributed by atoms with E-state index in [9.17, 15) is 9.59 Å². The molecule has 0 radical (unpaired) electrons. The molecule has 2 aromatic carbocycles. The highest BCUT2D eigenvalue weighted by Gasteiger charge is 2.57. The van der Waals surface area contributed by atoms with Gasteiger partial charge in [-0.05, 0) is 78.7 Å². The Kier molecular flexibility index (Phi) is 11.1. The topological polar surface area (TPSA) is 124 Å². The van der Waals surface area contributed by atoms with E-state index >= 15 is 0 Å². The van der Waals surface area contributed by atoms with Crippen molar-refractivity contribution >= 4 is 34.2 Å². The number of rotatable bonds is 11. The summed E-state index contributed by atoms with van der Waals surface area (Å²) in [7, 11) is 9.54. The number of nitrogens with one attached hydrogen (secondary N) is 1. The van der Waals surface area contributed by atoms with E-state index in [2.05, 4.69) is 52.9 Å². The molecule has 0 bridgehead atoms. The summed E-state index contributed by atoms with van der Waals surface area (Å²) in [6.07, 6.45) is 8.16. The number of hydrogen-bond acceptors (Lipinski definition) is 11. The first-order valence-electron chi connectivity index (χ1n) is 20.8. The van der Waals surface area contributed by atoms with E-state index in [4.69, 9.17) is 33.4 Å². The molecule has 3 aromatic rings. The van der Waals surface area contributed by atoms with E-state index in [1.165, 1.54) is 25.5 Å². The maximum absolute atomic E-state index is 13.3. The number of methoxy groups -OCH3 is 6. The smallest absolute Gasteiger partial charge is 0.337 e. The fourth-order valence-corrected chi connectivity index (χ4v) is 11.6. The lowest BCUT2D eigenvalue weighted by Gasteiger charge is -2.52. The van der Waals surface area contributed by atoms with Crippen LogP contribution in [0.5, 0.6) is 11.5 Å². The number of hydrogen-bond donors (Lipinski definition) is 1. The normalized spacial score (nSPS) is 28.3. The highest BCUT2D eigenvalue weighted by Crippen LogP contribution is 2.58. The number of fused-ring (bicyclic) bond motifs is 10. The van der Waals surface area contributed by atoms with Gasteiger partial charge in [0, 0.05) is 48.9 Å². The third-order valence-electron chi connectivity index (χ3n) is 14.2. The van der Waals surface area contributed by atoms with Gasteiger partial charge in [0.15, 0.2) is 0 Å². The molecule has 58 heavy (non-hydrogen) atoms. The summed E-state index contributed by atoms with van der Waals surface area (Å²) in [5.41, 5.74) is 8.25. The van der Waals surface area contributed by atoms with Crippen LogP contribution in [0.25, 0.3) is 10.9 Å². The first-order chi connectivity index (χ1) is 28.2. The van der Waals surface area contributed by atoms with Crippen LogP contribution in [0.2, 0.25) is 0 Å². The molecule has 1 aromatic heterocycles. The summed E-state index contributed by atoms with van der Waals surface area (Å²) in [4.78, 5) is 41.3. The lowest BCUT2D eigenvalue weighted by atomic mass is 9.62. The van der Waals surface area contributed by atoms with E-state index in [0.717, 1.165) is 103 Å². The van der Waals surface area contributed by atoms with Crippen LogP contribution in [0.4, 0.5) is 5.69 Å². The van der Waals surface area contributed by atoms with Gasteiger partial charge in [-0.15, -0.1) is 0 Å². The molecule has 310 valence electrons. The van der Waals surface area contributed by atoms with Crippen LogP contribution in [-0.2, 0) is 40.4 Å². The maximum atomic E-state index is 13.3. The fraction of sp³-hybridized carbons (Fsp3) is 0.543. The quantitative estimate of drug-likeness (QED) is 0.123. The zero-order valence-electron chi connectivity index (χ0n) is 35.2. The zero-order chi connectivity index (χ0) is 40.9. The predicted octanol–water partition coefficient (Wildman–Crippen LogP) is 7.03. The minimum Gasteiger partial charge on any atom is -0.504 e. The number of carbonyl (C=O) groups excluding carboxylic acids is 2. The van der Waals surface area contributed by atoms with E-state index in [0.29, 0.717) is 17.6 Å². The summed E-state index contributed by atoms with van der Waals surface area (Å²) in [5, 5.41) is 1.10. The number of aromatic nitrogens is 1. The Morgan fingerprint density at radius 2 is 1.43 bits per heavy atom. The number of aliphatic imine (C=N–C) groups is 1. The Labute approximate surface area is 341 Å². The molecule has 7 atom stereocenters. The molecule has 1 N–H and O–H groups in total. The molecule has 3 saturated heterocycles. The molecule has 6 heterocycles. The third-order valence-corrected chi connectivity index (χ3v) is 14.2. The van der Waals surface area contributed by atoms with Crippen molar-refractivity contribution in [1.29, 1.82) is 0 Å². The number of esters is 2. The van der Waals surface area contributed by atoms with Gasteiger partial charge >= 0.3 is 11.9 Å². The van der Waals surface area contributed by atoms with E-state index in [1.807, 2.05) is 6.07 Å². The van der Waals surface area contributed by atoms with Crippen molar-refractivity contribution in [2.24, 2.45) is 28.7 Å². The predicted molar refractivity (Wildman–Crippen MR) is 222 cm³/mol. The van der Waals surface area contributed by atoms with Crippen molar-refractivity contribution in [3.63, 3.8) is 0 Å². The Morgan fingerprint density at radius 1 is 0.810 bits per heavy atom. The van der Waals surface area contributed by atoms with Crippen molar-refractivity contribution in [1.82, 2.24) is 14.8 Å². The first kappa shape index (κ1) is 40.0. The minimum absolute atomic E-state index is 0.0294. The Morgan fingerprint density at radius 3 is 2.02 bits per heavy atom. The summed E-state index contributed by atoms with van der Waals surface area (Å²) >= 11 is 0. The van der Waals surface area contributed by atoms with Crippen LogP contribution in [0.3, 0.4) is 0 Å². The summed E-state index contributed by atoms with van der Waals surface area (Å²) in [5.74, 6) is 1.38. The van der Waals surface area contributed by atoms with Crippen LogP contribution in [0, 0.1) is 23.7 Å². The molecule has 0 aliphatic carbocycles. The number of carbonyl (C=O) groups is 2. The van der Waals surface area contributed by atoms with Gasteiger partial charge < -0.3 is 33.4 Å². The van der Waals surface area contributed by atoms with Gasteiger partial charge in [0.1, 0.15) is 11.5 Å². The Balaban J connectivity index is 1.30. The van der Waals surface area contributed by atoms with E-state index in [-0.39, 0.29) is 47.7 Å². The lowest BCUT2D eigenvalue weighted by Crippen LogP contribution is -2.61. The average molecular weight is 795 g/mol. The van der Waals surface area contributed by atoms with Gasteiger partial charge in [-0.25, -0.2) is 9.59 Å². The van der Waals surface area contributed by atoms with Crippen molar-refractivity contribution < 1.29 is 38.0 Å². The molecule has 12 heteroatoms. The van der Waals surface area contributed by atoms with Crippen LogP contribution < -0.4 is 9.47 Å². The highest BCUT2D eigenvalue weighted by atomic mass is 16.5. The molecule has 0 saturated carbocycles. The third kappa shape index (κ3) is 6.12. The monoisotopic (exact) mass is 794 g/mol. The molecule has 12 nitrogen and oxygen atoms in total. The van der Waals surface area contributed by atoms with E-state index < -0.39 is 5.41 Å². The van der Waals surface area contributed by atoms with Crippen molar-refractivity contribution in [3.05, 3.63) is 76.4 Å². The van der Waals surface area contributed by atoms with Crippen LogP contribution >= 0.6 is 0 Å². The number of ether oxygens (including phenoxy) is 6. The van der Waals surface area contributed by atoms with Crippen LogP contribution in [0.15, 0.2) is 59.0 Å². The largest absolute Gasteiger partial charge is 0.504 e. The van der Waals surface area contributed by atoms with Gasteiger partial charge in [0.2, 0.25) is 0 Å². The number of H-pyrrole nitrogens is 1. The first-order valence-corrected chi connectivity index (χ1v) is 20.8. The summed E-state index contributed by atoms with van der Waals surface area (Å²) in [6, 6.07) is 10.6. The Bertz CT molecular complexity index is 2170. The van der Waals surface area contributed by atoms with E-state index in [1.54, 1.807) is 41.0 Å². The van der Waals surface area contributed by atoms with Gasteiger partial charge in [-0.1, -0.05) is 38.8 Å². The molecule has 0 unspecified atom stereocenters. The second-order valence-corrected chi connectivity index (χ2v) is 16.5. The molecule has 5 aliphatic heterocycles. The zero-order valence-corrected chi connectivity index (χ0v) is 35.2. The second-order valence-electron chi connectivity index (χ2n) is 16.5. The van der Waals surface area contributed by atoms with Crippen molar-refractivity contribution in [2.75, 3.05) is 68.8 Å². The number of benzene rings is 2. The van der Waals surface area contributed by atoms with Gasteiger partial charge in [-0.3, -0.25) is 14.8 Å². The number of piperidine rings is 3. The lowest BCUT2D eigenvalue weighted by molar-refractivity contribution is -0.138. The van der Waals surface area contributed by atoms with Crippen LogP contribution in [0.1, 0.15) is 74.4 Å². The Hall–Kier alpha value is -4.81. The highest BCUT2D eigenvalue weighted by molar-refractivity contribution is 6.12. The fourth-order valence-electron chi connectivity index (χ4n) is 11.6. The maximum Gasteiger partial charge on any atom is 0.337 e. The van der Waals surface area contributed by atoms with Gasteiger partial charge in [-0.2, -0.15) is 0 Å². The minimum atomic E-state index is -0.623. The molecule has 8 rings (SSSR count). The van der Waals surface area contributed by atoms with Crippen molar-refractivity contribution in [2.45, 2.75) is 69.9 Å². The molecule has 3 fully saturated rings. The molecule has 0 spiro atoms. The summed E-state index contributed by atoms with van der Waals surface area (Å²) in [6.45, 7) is 7.86. The summed E-state index contributed by atoms with van der Waals surface area (Å²) < 4.78 is 34.0. The number of nitrogens with zero attached hydrogens (tertiary/aromatic N) is 3. The van der Waals surface area contributed by atoms with Gasteiger partial charge in [0.25, 0.3) is 0 Å². The average Bonchev–Trinajstić information content (AvgIpc) is 3.83. The number of aromatic amines is 1. The molecule has 5 aliphatic rings. The van der Waals surface area contributed by atoms with Crippen molar-refractivity contribution in [3.8, 4) is 11.5 Å².